The van der Waals surface area contributed by atoms with Crippen molar-refractivity contribution in [1.29, 1.82) is 0 Å². The molecule has 0 aliphatic carbocycles. The summed E-state index contributed by atoms with van der Waals surface area (Å²) in [7, 11) is 1.32. The molecule has 0 bridgehead atoms. The van der Waals surface area contributed by atoms with Crippen LogP contribution in [0.1, 0.15) is 49.5 Å². The lowest BCUT2D eigenvalue weighted by molar-refractivity contribution is -0.140. The number of ether oxygens (including phenoxy) is 2. The van der Waals surface area contributed by atoms with Gasteiger partial charge >= 0.3 is 5.97 Å². The molecule has 0 unspecified atom stereocenters. The van der Waals surface area contributed by atoms with Crippen molar-refractivity contribution < 1.29 is 19.1 Å². The van der Waals surface area contributed by atoms with E-state index in [1.807, 2.05) is 26.8 Å². The molecular weight excluding hydrogens is 256 g/mol. The van der Waals surface area contributed by atoms with Crippen molar-refractivity contribution >= 4 is 11.8 Å². The fraction of sp³-hybridized carbons (Fsp3) is 0.500. The smallest absolute Gasteiger partial charge is 0.305 e. The van der Waals surface area contributed by atoms with Crippen LogP contribution in [0.15, 0.2) is 18.2 Å². The van der Waals surface area contributed by atoms with Gasteiger partial charge in [0.1, 0.15) is 5.75 Å². The molecule has 0 aliphatic heterocycles. The first-order valence-electron chi connectivity index (χ1n) is 6.87. The average molecular weight is 278 g/mol. The second-order valence-corrected chi connectivity index (χ2v) is 4.84. The quantitative estimate of drug-likeness (QED) is 0.568. The Kier molecular flexibility index (Phi) is 6.22. The van der Waals surface area contributed by atoms with Crippen LogP contribution in [-0.2, 0) is 16.0 Å². The van der Waals surface area contributed by atoms with Crippen LogP contribution in [0.2, 0.25) is 0 Å². The summed E-state index contributed by atoms with van der Waals surface area (Å²) in [6.45, 7) is 5.91. The molecule has 0 spiro atoms. The first-order valence-corrected chi connectivity index (χ1v) is 6.87. The Morgan fingerprint density at radius 3 is 2.45 bits per heavy atom. The Hall–Kier alpha value is -1.84. The fourth-order valence-corrected chi connectivity index (χ4v) is 1.93. The number of esters is 1. The summed E-state index contributed by atoms with van der Waals surface area (Å²) in [5, 5.41) is 0. The summed E-state index contributed by atoms with van der Waals surface area (Å²) in [4.78, 5) is 23.2. The molecule has 1 aromatic carbocycles. The summed E-state index contributed by atoms with van der Waals surface area (Å²) in [5.74, 6) is 0.362. The molecule has 0 saturated carbocycles. The fourth-order valence-electron chi connectivity index (χ4n) is 1.93. The second kappa shape index (κ2) is 7.68. The molecule has 4 nitrogen and oxygen atoms in total. The maximum absolute atomic E-state index is 12.1. The molecule has 0 amide bonds. The van der Waals surface area contributed by atoms with Crippen molar-refractivity contribution in [2.75, 3.05) is 7.11 Å². The van der Waals surface area contributed by atoms with Gasteiger partial charge in [0.15, 0.2) is 5.78 Å². The molecular formula is C16H22O4. The number of hydrogen-bond donors (Lipinski definition) is 0. The second-order valence-electron chi connectivity index (χ2n) is 4.84. The number of methoxy groups -OCH3 is 1. The zero-order chi connectivity index (χ0) is 15.1. The van der Waals surface area contributed by atoms with E-state index in [1.54, 1.807) is 12.1 Å². The molecule has 1 rings (SSSR count). The maximum Gasteiger partial charge on any atom is 0.305 e. The standard InChI is InChI=1S/C16H22O4/c1-5-12-10-13(20-11(2)3)6-7-14(12)15(17)8-9-16(18)19-4/h6-7,10-11H,5,8-9H2,1-4H3. The van der Waals surface area contributed by atoms with E-state index in [1.165, 1.54) is 7.11 Å². The molecule has 1 aromatic rings. The predicted molar refractivity (Wildman–Crippen MR) is 77.2 cm³/mol. The molecule has 4 heteroatoms. The lowest BCUT2D eigenvalue weighted by Crippen LogP contribution is -2.10. The van der Waals surface area contributed by atoms with Gasteiger partial charge in [-0.1, -0.05) is 6.92 Å². The van der Waals surface area contributed by atoms with Crippen molar-refractivity contribution in [1.82, 2.24) is 0 Å². The summed E-state index contributed by atoms with van der Waals surface area (Å²) in [6.07, 6.45) is 1.13. The van der Waals surface area contributed by atoms with Crippen LogP contribution in [0.5, 0.6) is 5.75 Å². The highest BCUT2D eigenvalue weighted by Gasteiger charge is 2.14. The van der Waals surface area contributed by atoms with Gasteiger partial charge in [-0.15, -0.1) is 0 Å². The largest absolute Gasteiger partial charge is 0.491 e. The van der Waals surface area contributed by atoms with E-state index in [-0.39, 0.29) is 30.7 Å². The highest BCUT2D eigenvalue weighted by molar-refractivity contribution is 5.99. The average Bonchev–Trinajstić information content (AvgIpc) is 2.43. The normalized spacial score (nSPS) is 10.4. The summed E-state index contributed by atoms with van der Waals surface area (Å²) < 4.78 is 10.2. The third-order valence-corrected chi connectivity index (χ3v) is 2.91. The van der Waals surface area contributed by atoms with Crippen molar-refractivity contribution in [2.24, 2.45) is 0 Å². The molecule has 0 N–H and O–H groups in total. The predicted octanol–water partition coefficient (Wildman–Crippen LogP) is 3.17. The number of Topliss-reactive ketones (excluding diaryl/α,β-unsaturated/α-hetero) is 1. The third-order valence-electron chi connectivity index (χ3n) is 2.91. The highest BCUT2D eigenvalue weighted by Crippen LogP contribution is 2.21. The Balaban J connectivity index is 2.83. The summed E-state index contributed by atoms with van der Waals surface area (Å²) in [6, 6.07) is 5.46. The first kappa shape index (κ1) is 16.2. The monoisotopic (exact) mass is 278 g/mol. The molecule has 0 aliphatic rings. The van der Waals surface area contributed by atoms with E-state index < -0.39 is 0 Å². The van der Waals surface area contributed by atoms with Crippen LogP contribution in [0.4, 0.5) is 0 Å². The zero-order valence-corrected chi connectivity index (χ0v) is 12.6. The van der Waals surface area contributed by atoms with Crippen molar-refractivity contribution in [2.45, 2.75) is 46.1 Å². The Labute approximate surface area is 120 Å². The number of benzene rings is 1. The molecule has 0 heterocycles. The Morgan fingerprint density at radius 2 is 1.90 bits per heavy atom. The van der Waals surface area contributed by atoms with Gasteiger partial charge in [-0.25, -0.2) is 0 Å². The number of carbonyl (C=O) groups is 2. The van der Waals surface area contributed by atoms with Crippen LogP contribution in [0.3, 0.4) is 0 Å². The summed E-state index contributed by atoms with van der Waals surface area (Å²) >= 11 is 0. The third kappa shape index (κ3) is 4.68. The number of aryl methyl sites for hydroxylation is 1. The van der Waals surface area contributed by atoms with E-state index in [2.05, 4.69) is 4.74 Å². The first-order chi connectivity index (χ1) is 9.47. The van der Waals surface area contributed by atoms with Gasteiger partial charge in [0.2, 0.25) is 0 Å². The highest BCUT2D eigenvalue weighted by atomic mass is 16.5. The van der Waals surface area contributed by atoms with Crippen molar-refractivity contribution in [3.05, 3.63) is 29.3 Å². The topological polar surface area (TPSA) is 52.6 Å². The molecule has 0 fully saturated rings. The SMILES string of the molecule is CCc1cc(OC(C)C)ccc1C(=O)CCC(=O)OC. The van der Waals surface area contributed by atoms with Gasteiger partial charge in [-0.2, -0.15) is 0 Å². The molecule has 20 heavy (non-hydrogen) atoms. The number of rotatable bonds is 7. The summed E-state index contributed by atoms with van der Waals surface area (Å²) in [5.41, 5.74) is 1.60. The van der Waals surface area contributed by atoms with Crippen molar-refractivity contribution in [3.63, 3.8) is 0 Å². The minimum Gasteiger partial charge on any atom is -0.491 e. The van der Waals surface area contributed by atoms with Crippen LogP contribution in [0.25, 0.3) is 0 Å². The van der Waals surface area contributed by atoms with Gasteiger partial charge < -0.3 is 9.47 Å². The molecule has 0 radical (unpaired) electrons. The lowest BCUT2D eigenvalue weighted by atomic mass is 9.98. The van der Waals surface area contributed by atoms with Crippen LogP contribution < -0.4 is 4.74 Å². The van der Waals surface area contributed by atoms with Crippen molar-refractivity contribution in [3.8, 4) is 5.75 Å². The zero-order valence-electron chi connectivity index (χ0n) is 12.6. The minimum absolute atomic E-state index is 0.0386. The van der Waals surface area contributed by atoms with E-state index in [0.29, 0.717) is 5.56 Å². The number of ketones is 1. The molecule has 0 atom stereocenters. The van der Waals surface area contributed by atoms with Gasteiger partial charge in [-0.05, 0) is 44.0 Å². The van der Waals surface area contributed by atoms with E-state index in [0.717, 1.165) is 17.7 Å². The maximum atomic E-state index is 12.1. The van der Waals surface area contributed by atoms with Gasteiger partial charge in [-0.3, -0.25) is 9.59 Å². The Morgan fingerprint density at radius 1 is 1.20 bits per heavy atom. The molecule has 0 saturated heterocycles. The minimum atomic E-state index is -0.365. The van der Waals surface area contributed by atoms with Crippen LogP contribution in [-0.4, -0.2) is 25.0 Å². The van der Waals surface area contributed by atoms with Gasteiger partial charge in [0.05, 0.1) is 19.6 Å². The molecule has 0 aromatic heterocycles. The lowest BCUT2D eigenvalue weighted by Gasteiger charge is -2.13. The van der Waals surface area contributed by atoms with Gasteiger partial charge in [0, 0.05) is 12.0 Å². The van der Waals surface area contributed by atoms with Gasteiger partial charge in [0.25, 0.3) is 0 Å². The van der Waals surface area contributed by atoms with E-state index in [9.17, 15) is 9.59 Å². The van der Waals surface area contributed by atoms with E-state index in [4.69, 9.17) is 4.74 Å². The van der Waals surface area contributed by atoms with Crippen LogP contribution in [0, 0.1) is 0 Å². The molecule has 110 valence electrons. The number of hydrogen-bond acceptors (Lipinski definition) is 4. The number of carbonyl (C=O) groups excluding carboxylic acids is 2. The van der Waals surface area contributed by atoms with E-state index >= 15 is 0 Å². The van der Waals surface area contributed by atoms with Crippen LogP contribution >= 0.6 is 0 Å². The Bertz CT molecular complexity index is 477.